The average Bonchev–Trinajstić information content (AvgIpc) is 3.15. The van der Waals surface area contributed by atoms with Gasteiger partial charge in [0.25, 0.3) is 5.91 Å². The normalized spacial score (nSPS) is 18.3. The SMILES string of the molecule is O=C(c1cnc2ccccc2n1)N1CCC[C@H](c2ccn[nH]2)C1. The van der Waals surface area contributed by atoms with Gasteiger partial charge in [-0.2, -0.15) is 5.10 Å². The van der Waals surface area contributed by atoms with Crippen LogP contribution in [0, 0.1) is 0 Å². The fourth-order valence-corrected chi connectivity index (χ4v) is 3.13. The molecule has 0 aliphatic carbocycles. The number of hydrogen-bond donors (Lipinski definition) is 1. The lowest BCUT2D eigenvalue weighted by Crippen LogP contribution is -2.39. The molecule has 23 heavy (non-hydrogen) atoms. The van der Waals surface area contributed by atoms with E-state index in [1.54, 1.807) is 12.4 Å². The third-order valence-corrected chi connectivity index (χ3v) is 4.34. The van der Waals surface area contributed by atoms with Gasteiger partial charge in [-0.3, -0.25) is 14.9 Å². The highest BCUT2D eigenvalue weighted by molar-refractivity contribution is 5.93. The number of likely N-dealkylation sites (tertiary alicyclic amines) is 1. The first-order chi connectivity index (χ1) is 11.3. The molecule has 2 aromatic heterocycles. The number of H-pyrrole nitrogens is 1. The van der Waals surface area contributed by atoms with Crippen LogP contribution < -0.4 is 0 Å². The van der Waals surface area contributed by atoms with E-state index in [1.165, 1.54) is 0 Å². The van der Waals surface area contributed by atoms with Gasteiger partial charge >= 0.3 is 0 Å². The Kier molecular flexibility index (Phi) is 3.49. The summed E-state index contributed by atoms with van der Waals surface area (Å²) in [6.07, 6.45) is 5.38. The number of nitrogens with one attached hydrogen (secondary N) is 1. The monoisotopic (exact) mass is 307 g/mol. The highest BCUT2D eigenvalue weighted by Gasteiger charge is 2.27. The van der Waals surface area contributed by atoms with Crippen LogP contribution in [0.15, 0.2) is 42.7 Å². The second-order valence-corrected chi connectivity index (χ2v) is 5.85. The molecule has 6 heteroatoms. The third-order valence-electron chi connectivity index (χ3n) is 4.34. The number of aromatic nitrogens is 4. The van der Waals surface area contributed by atoms with E-state index in [9.17, 15) is 4.79 Å². The van der Waals surface area contributed by atoms with E-state index in [0.717, 1.165) is 36.1 Å². The zero-order valence-corrected chi connectivity index (χ0v) is 12.6. The van der Waals surface area contributed by atoms with Crippen LogP contribution >= 0.6 is 0 Å². The molecule has 3 heterocycles. The largest absolute Gasteiger partial charge is 0.337 e. The van der Waals surface area contributed by atoms with Crippen molar-refractivity contribution >= 4 is 16.9 Å². The fourth-order valence-electron chi connectivity index (χ4n) is 3.13. The molecule has 116 valence electrons. The summed E-state index contributed by atoms with van der Waals surface area (Å²) in [5.74, 6) is 0.260. The second kappa shape index (κ2) is 5.79. The molecule has 0 saturated carbocycles. The van der Waals surface area contributed by atoms with Gasteiger partial charge in [0.05, 0.1) is 17.2 Å². The van der Waals surface area contributed by atoms with E-state index < -0.39 is 0 Å². The number of hydrogen-bond acceptors (Lipinski definition) is 4. The summed E-state index contributed by atoms with van der Waals surface area (Å²) < 4.78 is 0. The van der Waals surface area contributed by atoms with E-state index in [-0.39, 0.29) is 5.91 Å². The first-order valence-corrected chi connectivity index (χ1v) is 7.81. The number of carbonyl (C=O) groups is 1. The van der Waals surface area contributed by atoms with Gasteiger partial charge < -0.3 is 4.90 Å². The van der Waals surface area contributed by atoms with Gasteiger partial charge in [0, 0.05) is 30.9 Å². The van der Waals surface area contributed by atoms with Crippen molar-refractivity contribution in [2.75, 3.05) is 13.1 Å². The van der Waals surface area contributed by atoms with Crippen molar-refractivity contribution in [1.29, 1.82) is 0 Å². The Morgan fingerprint density at radius 3 is 2.91 bits per heavy atom. The van der Waals surface area contributed by atoms with Crippen LogP contribution in [0.3, 0.4) is 0 Å². The Morgan fingerprint density at radius 2 is 2.09 bits per heavy atom. The minimum Gasteiger partial charge on any atom is -0.337 e. The zero-order valence-electron chi connectivity index (χ0n) is 12.6. The van der Waals surface area contributed by atoms with Crippen molar-refractivity contribution in [1.82, 2.24) is 25.1 Å². The number of benzene rings is 1. The lowest BCUT2D eigenvalue weighted by molar-refractivity contribution is 0.0700. The van der Waals surface area contributed by atoms with Crippen LogP contribution in [0.1, 0.15) is 34.9 Å². The number of amides is 1. The molecule has 1 aliphatic heterocycles. The number of fused-ring (bicyclic) bond motifs is 1. The summed E-state index contributed by atoms with van der Waals surface area (Å²) in [5, 5.41) is 7.02. The number of aromatic amines is 1. The van der Waals surface area contributed by atoms with Gasteiger partial charge in [-0.1, -0.05) is 12.1 Å². The van der Waals surface area contributed by atoms with Crippen LogP contribution in [-0.2, 0) is 0 Å². The molecule has 3 aromatic rings. The lowest BCUT2D eigenvalue weighted by Gasteiger charge is -2.32. The van der Waals surface area contributed by atoms with Crippen molar-refractivity contribution in [3.8, 4) is 0 Å². The van der Waals surface area contributed by atoms with E-state index in [4.69, 9.17) is 0 Å². The molecule has 1 N–H and O–H groups in total. The standard InChI is InChI=1S/C17H17N5O/c23-17(16-10-18-14-5-1-2-6-15(14)20-16)22-9-3-4-12(11-22)13-7-8-19-21-13/h1-2,5-8,10,12H,3-4,9,11H2,(H,19,21)/t12-/m0/s1. The lowest BCUT2D eigenvalue weighted by atomic mass is 9.95. The number of carbonyl (C=O) groups excluding carboxylic acids is 1. The van der Waals surface area contributed by atoms with Crippen molar-refractivity contribution in [3.05, 3.63) is 54.1 Å². The van der Waals surface area contributed by atoms with Gasteiger partial charge in [-0.15, -0.1) is 0 Å². The summed E-state index contributed by atoms with van der Waals surface area (Å²) in [5.41, 5.74) is 3.06. The highest BCUT2D eigenvalue weighted by atomic mass is 16.2. The summed E-state index contributed by atoms with van der Waals surface area (Å²) in [6.45, 7) is 1.45. The van der Waals surface area contributed by atoms with Gasteiger partial charge in [-0.25, -0.2) is 4.98 Å². The second-order valence-electron chi connectivity index (χ2n) is 5.85. The minimum absolute atomic E-state index is 0.0486. The van der Waals surface area contributed by atoms with E-state index in [1.807, 2.05) is 35.2 Å². The molecule has 0 spiro atoms. The predicted octanol–water partition coefficient (Wildman–Crippen LogP) is 2.37. The van der Waals surface area contributed by atoms with Crippen molar-refractivity contribution in [2.45, 2.75) is 18.8 Å². The average molecular weight is 307 g/mol. The molecule has 1 amide bonds. The zero-order chi connectivity index (χ0) is 15.6. The molecule has 1 fully saturated rings. The maximum Gasteiger partial charge on any atom is 0.274 e. The molecule has 1 saturated heterocycles. The minimum atomic E-state index is -0.0486. The molecule has 1 aliphatic rings. The van der Waals surface area contributed by atoms with Crippen LogP contribution in [-0.4, -0.2) is 44.1 Å². The van der Waals surface area contributed by atoms with E-state index in [0.29, 0.717) is 18.2 Å². The first-order valence-electron chi connectivity index (χ1n) is 7.81. The molecular formula is C17H17N5O. The first kappa shape index (κ1) is 13.9. The third kappa shape index (κ3) is 2.67. The van der Waals surface area contributed by atoms with Crippen molar-refractivity contribution in [2.24, 2.45) is 0 Å². The Balaban J connectivity index is 1.57. The smallest absolute Gasteiger partial charge is 0.274 e. The van der Waals surface area contributed by atoms with E-state index in [2.05, 4.69) is 20.2 Å². The molecule has 1 aromatic carbocycles. The van der Waals surface area contributed by atoms with E-state index >= 15 is 0 Å². The molecule has 1 atom stereocenters. The van der Waals surface area contributed by atoms with Gasteiger partial charge in [0.1, 0.15) is 5.69 Å². The molecule has 4 rings (SSSR count). The van der Waals surface area contributed by atoms with Gasteiger partial charge in [-0.05, 0) is 31.0 Å². The topological polar surface area (TPSA) is 74.8 Å². The maximum atomic E-state index is 12.8. The van der Waals surface area contributed by atoms with Gasteiger partial charge in [0.15, 0.2) is 0 Å². The number of para-hydroxylation sites is 2. The molecule has 0 unspecified atom stereocenters. The Morgan fingerprint density at radius 1 is 1.22 bits per heavy atom. The summed E-state index contributed by atoms with van der Waals surface area (Å²) in [7, 11) is 0. The molecule has 0 bridgehead atoms. The molecule has 0 radical (unpaired) electrons. The predicted molar refractivity (Wildman–Crippen MR) is 86.0 cm³/mol. The van der Waals surface area contributed by atoms with Crippen LogP contribution in [0.2, 0.25) is 0 Å². The maximum absolute atomic E-state index is 12.8. The van der Waals surface area contributed by atoms with Gasteiger partial charge in [0.2, 0.25) is 0 Å². The van der Waals surface area contributed by atoms with Crippen LogP contribution in [0.25, 0.3) is 11.0 Å². The highest BCUT2D eigenvalue weighted by Crippen LogP contribution is 2.26. The summed E-state index contributed by atoms with van der Waals surface area (Å²) >= 11 is 0. The van der Waals surface area contributed by atoms with Crippen molar-refractivity contribution < 1.29 is 4.79 Å². The molecule has 6 nitrogen and oxygen atoms in total. The fraction of sp³-hybridized carbons (Fsp3) is 0.294. The number of rotatable bonds is 2. The summed E-state index contributed by atoms with van der Waals surface area (Å²) in [6, 6.07) is 9.57. The quantitative estimate of drug-likeness (QED) is 0.788. The van der Waals surface area contributed by atoms with Crippen molar-refractivity contribution in [3.63, 3.8) is 0 Å². The van der Waals surface area contributed by atoms with Crippen LogP contribution in [0.5, 0.6) is 0 Å². The van der Waals surface area contributed by atoms with Crippen LogP contribution in [0.4, 0.5) is 0 Å². The Labute approximate surface area is 133 Å². The molecular weight excluding hydrogens is 290 g/mol. The summed E-state index contributed by atoms with van der Waals surface area (Å²) in [4.78, 5) is 23.4. The number of nitrogens with zero attached hydrogens (tertiary/aromatic N) is 4. The Bertz CT molecular complexity index is 830. The number of piperidine rings is 1. The Hall–Kier alpha value is -2.76.